The number of thiazole rings is 1. The van der Waals surface area contributed by atoms with Gasteiger partial charge in [0.25, 0.3) is 5.56 Å². The number of benzene rings is 2. The highest BCUT2D eigenvalue weighted by atomic mass is 32.1. The first-order valence-corrected chi connectivity index (χ1v) is 13.8. The summed E-state index contributed by atoms with van der Waals surface area (Å²) in [7, 11) is 2.04. The monoisotopic (exact) mass is 527 g/mol. The number of fused-ring (bicyclic) bond motifs is 2. The minimum Gasteiger partial charge on any atom is -0.463 e. The number of carbonyl (C=O) groups excluding carboxylic acids is 1. The average Bonchev–Trinajstić information content (AvgIpc) is 3.31. The zero-order chi connectivity index (χ0) is 27.3. The molecule has 4 aromatic rings. The second-order valence-corrected chi connectivity index (χ2v) is 11.2. The van der Waals surface area contributed by atoms with Crippen molar-refractivity contribution in [2.45, 2.75) is 53.5 Å². The topological polar surface area (TPSA) is 65.6 Å². The lowest BCUT2D eigenvalue weighted by molar-refractivity contribution is -0.139. The molecule has 38 heavy (non-hydrogen) atoms. The third kappa shape index (κ3) is 4.25. The van der Waals surface area contributed by atoms with Crippen LogP contribution in [0.3, 0.4) is 0 Å². The summed E-state index contributed by atoms with van der Waals surface area (Å²) in [5.74, 6) is -0.0678. The van der Waals surface area contributed by atoms with Crippen molar-refractivity contribution >= 4 is 34.3 Å². The molecule has 0 radical (unpaired) electrons. The molecule has 0 saturated carbocycles. The summed E-state index contributed by atoms with van der Waals surface area (Å²) in [5.41, 5.74) is 7.26. The molecule has 3 heterocycles. The maximum atomic E-state index is 14.0. The molecule has 1 aliphatic heterocycles. The number of aromatic nitrogens is 2. The second kappa shape index (κ2) is 9.87. The molecule has 0 N–H and O–H groups in total. The highest BCUT2D eigenvalue weighted by Gasteiger charge is 2.33. The van der Waals surface area contributed by atoms with Gasteiger partial charge in [-0.15, -0.1) is 0 Å². The van der Waals surface area contributed by atoms with Crippen LogP contribution >= 0.6 is 11.3 Å². The molecule has 0 saturated heterocycles. The predicted octanol–water partition coefficient (Wildman–Crippen LogP) is 5.03. The van der Waals surface area contributed by atoms with Crippen LogP contribution in [0.1, 0.15) is 67.6 Å². The van der Waals surface area contributed by atoms with Gasteiger partial charge in [0, 0.05) is 29.2 Å². The number of allylic oxidation sites excluding steroid dienone is 1. The lowest BCUT2D eigenvalue weighted by Gasteiger charge is -2.25. The number of hydrogen-bond donors (Lipinski definition) is 0. The van der Waals surface area contributed by atoms with E-state index in [4.69, 9.17) is 9.73 Å². The van der Waals surface area contributed by atoms with Crippen LogP contribution < -0.4 is 14.9 Å². The van der Waals surface area contributed by atoms with E-state index in [1.54, 1.807) is 11.5 Å². The van der Waals surface area contributed by atoms with Crippen LogP contribution in [0.25, 0.3) is 17.0 Å². The van der Waals surface area contributed by atoms with Gasteiger partial charge in [-0.2, -0.15) is 0 Å². The Morgan fingerprint density at radius 1 is 1.13 bits per heavy atom. The van der Waals surface area contributed by atoms with Crippen LogP contribution in [0, 0.1) is 13.8 Å². The fourth-order valence-electron chi connectivity index (χ4n) is 5.20. The first-order valence-electron chi connectivity index (χ1n) is 13.0. The molecule has 0 bridgehead atoms. The standard InChI is InChI=1S/C31H33N3O3S/c1-8-37-30(36)27-19(5)32-31-34(28(27)22-12-10-21(11-13-22)17(2)3)29(35)26(38-31)16-23-20(6)33(7)25-14-9-18(4)15-24(23)25/h9-17,28H,8H2,1-7H3/b26-16-/t28-/m0/s1. The van der Waals surface area contributed by atoms with E-state index in [1.807, 2.05) is 32.2 Å². The molecule has 2 aromatic carbocycles. The molecule has 1 atom stereocenters. The Balaban J connectivity index is 1.76. The summed E-state index contributed by atoms with van der Waals surface area (Å²) < 4.78 is 9.82. The predicted molar refractivity (Wildman–Crippen MR) is 153 cm³/mol. The van der Waals surface area contributed by atoms with E-state index in [9.17, 15) is 9.59 Å². The third-order valence-electron chi connectivity index (χ3n) is 7.41. The third-order valence-corrected chi connectivity index (χ3v) is 8.39. The Kier molecular flexibility index (Phi) is 6.73. The van der Waals surface area contributed by atoms with Crippen molar-refractivity contribution in [2.75, 3.05) is 6.61 Å². The van der Waals surface area contributed by atoms with Crippen LogP contribution in [0.15, 0.2) is 63.5 Å². The molecule has 0 spiro atoms. The van der Waals surface area contributed by atoms with Crippen molar-refractivity contribution in [3.63, 3.8) is 0 Å². The van der Waals surface area contributed by atoms with E-state index in [-0.39, 0.29) is 12.2 Å². The Hall–Kier alpha value is -3.71. The first kappa shape index (κ1) is 25.9. The quantitative estimate of drug-likeness (QED) is 0.342. The van der Waals surface area contributed by atoms with Crippen LogP contribution in [0.5, 0.6) is 0 Å². The minimum atomic E-state index is -0.607. The van der Waals surface area contributed by atoms with Gasteiger partial charge in [0.2, 0.25) is 0 Å². The zero-order valence-corrected chi connectivity index (χ0v) is 23.8. The molecule has 5 rings (SSSR count). The van der Waals surface area contributed by atoms with E-state index in [0.29, 0.717) is 26.5 Å². The summed E-state index contributed by atoms with van der Waals surface area (Å²) in [6.45, 7) is 12.3. The summed E-state index contributed by atoms with van der Waals surface area (Å²) >= 11 is 1.36. The van der Waals surface area contributed by atoms with Crippen LogP contribution in [0.2, 0.25) is 0 Å². The van der Waals surface area contributed by atoms with Crippen LogP contribution in [-0.2, 0) is 16.6 Å². The van der Waals surface area contributed by atoms with Crippen molar-refractivity contribution in [1.82, 2.24) is 9.13 Å². The summed E-state index contributed by atoms with van der Waals surface area (Å²) in [5, 5.41) is 1.11. The maximum absolute atomic E-state index is 14.0. The fraction of sp³-hybridized carbons (Fsp3) is 0.323. The van der Waals surface area contributed by atoms with Gasteiger partial charge < -0.3 is 9.30 Å². The van der Waals surface area contributed by atoms with E-state index < -0.39 is 12.0 Å². The lowest BCUT2D eigenvalue weighted by Crippen LogP contribution is -2.40. The van der Waals surface area contributed by atoms with Gasteiger partial charge in [-0.3, -0.25) is 9.36 Å². The Bertz CT molecular complexity index is 1780. The van der Waals surface area contributed by atoms with Crippen molar-refractivity contribution in [2.24, 2.45) is 12.0 Å². The van der Waals surface area contributed by atoms with Gasteiger partial charge in [0.1, 0.15) is 0 Å². The highest BCUT2D eigenvalue weighted by Crippen LogP contribution is 2.32. The largest absolute Gasteiger partial charge is 0.463 e. The zero-order valence-electron chi connectivity index (χ0n) is 23.0. The number of hydrogen-bond acceptors (Lipinski definition) is 5. The van der Waals surface area contributed by atoms with E-state index >= 15 is 0 Å². The molecular weight excluding hydrogens is 494 g/mol. The SMILES string of the molecule is CCOC(=O)C1=C(C)N=c2s/c(=C\c3c(C)n(C)c4ccc(C)cc34)c(=O)n2[C@H]1c1ccc(C(C)C)cc1. The number of carbonyl (C=O) groups is 1. The molecule has 1 aliphatic rings. The van der Waals surface area contributed by atoms with Crippen LogP contribution in [-0.4, -0.2) is 21.7 Å². The van der Waals surface area contributed by atoms with E-state index in [1.165, 1.54) is 22.5 Å². The first-order chi connectivity index (χ1) is 18.1. The molecule has 2 aromatic heterocycles. The Morgan fingerprint density at radius 2 is 1.84 bits per heavy atom. The Labute approximate surface area is 226 Å². The fourth-order valence-corrected chi connectivity index (χ4v) is 6.23. The van der Waals surface area contributed by atoms with Crippen molar-refractivity contribution in [1.29, 1.82) is 0 Å². The molecule has 0 amide bonds. The van der Waals surface area contributed by atoms with E-state index in [0.717, 1.165) is 27.7 Å². The minimum absolute atomic E-state index is 0.162. The van der Waals surface area contributed by atoms with Gasteiger partial charge in [-0.05, 0) is 62.9 Å². The van der Waals surface area contributed by atoms with Crippen molar-refractivity contribution in [3.05, 3.63) is 101 Å². The number of aryl methyl sites for hydroxylation is 2. The number of nitrogens with zero attached hydrogens (tertiary/aromatic N) is 3. The molecule has 7 heteroatoms. The van der Waals surface area contributed by atoms with Crippen molar-refractivity contribution in [3.8, 4) is 0 Å². The molecule has 0 aliphatic carbocycles. The normalized spacial score (nSPS) is 15.8. The number of rotatable bonds is 5. The molecular formula is C31H33N3O3S. The van der Waals surface area contributed by atoms with E-state index in [2.05, 4.69) is 62.6 Å². The Morgan fingerprint density at radius 3 is 2.50 bits per heavy atom. The lowest BCUT2D eigenvalue weighted by atomic mass is 9.93. The summed E-state index contributed by atoms with van der Waals surface area (Å²) in [4.78, 5) is 32.5. The maximum Gasteiger partial charge on any atom is 0.338 e. The number of ether oxygens (including phenoxy) is 1. The molecule has 196 valence electrons. The molecule has 0 fully saturated rings. The highest BCUT2D eigenvalue weighted by molar-refractivity contribution is 7.07. The number of esters is 1. The van der Waals surface area contributed by atoms with Gasteiger partial charge in [-0.1, -0.05) is 61.1 Å². The average molecular weight is 528 g/mol. The van der Waals surface area contributed by atoms with Gasteiger partial charge in [0.15, 0.2) is 4.80 Å². The van der Waals surface area contributed by atoms with Crippen molar-refractivity contribution < 1.29 is 9.53 Å². The molecule has 6 nitrogen and oxygen atoms in total. The van der Waals surface area contributed by atoms with Gasteiger partial charge >= 0.3 is 5.97 Å². The van der Waals surface area contributed by atoms with Crippen LogP contribution in [0.4, 0.5) is 0 Å². The molecule has 0 unspecified atom stereocenters. The van der Waals surface area contributed by atoms with Gasteiger partial charge in [0.05, 0.1) is 28.5 Å². The summed E-state index contributed by atoms with van der Waals surface area (Å²) in [6.07, 6.45) is 1.98. The summed E-state index contributed by atoms with van der Waals surface area (Å²) in [6, 6.07) is 13.9. The van der Waals surface area contributed by atoms with Gasteiger partial charge in [-0.25, -0.2) is 9.79 Å². The second-order valence-electron chi connectivity index (χ2n) is 10.2. The smallest absolute Gasteiger partial charge is 0.338 e.